The van der Waals surface area contributed by atoms with Crippen molar-refractivity contribution in [2.24, 2.45) is 5.92 Å². The molecule has 3 aromatic carbocycles. The molecule has 2 N–H and O–H groups in total. The van der Waals surface area contributed by atoms with Crippen molar-refractivity contribution in [3.8, 4) is 16.9 Å². The van der Waals surface area contributed by atoms with Crippen molar-refractivity contribution < 1.29 is 19.0 Å². The minimum absolute atomic E-state index is 0.103. The van der Waals surface area contributed by atoms with Crippen LogP contribution in [0.5, 0.6) is 5.75 Å². The Bertz CT molecular complexity index is 1410. The van der Waals surface area contributed by atoms with Gasteiger partial charge in [-0.3, -0.25) is 4.79 Å². The number of halogens is 1. The lowest BCUT2D eigenvalue weighted by Crippen LogP contribution is -2.31. The van der Waals surface area contributed by atoms with Gasteiger partial charge >= 0.3 is 6.09 Å². The summed E-state index contributed by atoms with van der Waals surface area (Å²) in [5.41, 5.74) is 2.39. The highest BCUT2D eigenvalue weighted by atomic mass is 19.1. The summed E-state index contributed by atoms with van der Waals surface area (Å²) in [6.07, 6.45) is -1.21. The number of carboxylic acid groups (broad SMARTS) is 1. The van der Waals surface area contributed by atoms with Gasteiger partial charge in [0.15, 0.2) is 0 Å². The second-order valence-corrected chi connectivity index (χ2v) is 8.78. The Hall–Kier alpha value is -4.13. The van der Waals surface area contributed by atoms with Crippen LogP contribution in [0.25, 0.3) is 21.9 Å². The standard InChI is InChI=1S/C28H27FN2O4/c1-18(2)16-31-25(15-30-28(33)34)26(20-9-6-10-21(29)13-20)24-14-22(11-12-23(24)27(31)32)35-17-19-7-4-3-5-8-19/h3-14,18,30H,15-17H2,1-2H3,(H,33,34). The number of benzene rings is 3. The molecule has 1 aromatic heterocycles. The molecule has 0 unspecified atom stereocenters. The summed E-state index contributed by atoms with van der Waals surface area (Å²) in [5, 5.41) is 12.7. The zero-order chi connectivity index (χ0) is 24.9. The van der Waals surface area contributed by atoms with Crippen LogP contribution in [0.2, 0.25) is 0 Å². The Morgan fingerprint density at radius 3 is 2.49 bits per heavy atom. The molecule has 4 aromatic rings. The number of hydrogen-bond donors (Lipinski definition) is 2. The molecular weight excluding hydrogens is 447 g/mol. The van der Waals surface area contributed by atoms with E-state index in [4.69, 9.17) is 4.74 Å². The predicted octanol–water partition coefficient (Wildman–Crippen LogP) is 5.81. The Labute approximate surface area is 202 Å². The monoisotopic (exact) mass is 474 g/mol. The first-order valence-electron chi connectivity index (χ1n) is 11.4. The van der Waals surface area contributed by atoms with E-state index in [1.54, 1.807) is 34.9 Å². The minimum Gasteiger partial charge on any atom is -0.489 e. The largest absolute Gasteiger partial charge is 0.489 e. The summed E-state index contributed by atoms with van der Waals surface area (Å²) < 4.78 is 21.9. The molecule has 1 amide bonds. The Balaban J connectivity index is 1.94. The first kappa shape index (κ1) is 24.0. The van der Waals surface area contributed by atoms with Gasteiger partial charge in [-0.1, -0.05) is 56.3 Å². The van der Waals surface area contributed by atoms with Crippen LogP contribution >= 0.6 is 0 Å². The lowest BCUT2D eigenvalue weighted by Gasteiger charge is -2.22. The Morgan fingerprint density at radius 2 is 1.80 bits per heavy atom. The second-order valence-electron chi connectivity index (χ2n) is 8.78. The van der Waals surface area contributed by atoms with Gasteiger partial charge in [0, 0.05) is 28.6 Å². The average molecular weight is 475 g/mol. The summed E-state index contributed by atoms with van der Waals surface area (Å²) in [7, 11) is 0. The van der Waals surface area contributed by atoms with Crippen molar-refractivity contribution in [1.29, 1.82) is 0 Å². The van der Waals surface area contributed by atoms with E-state index in [1.807, 2.05) is 44.2 Å². The highest BCUT2D eigenvalue weighted by Gasteiger charge is 2.20. The lowest BCUT2D eigenvalue weighted by molar-refractivity contribution is 0.193. The molecule has 0 saturated carbocycles. The molecule has 7 heteroatoms. The summed E-state index contributed by atoms with van der Waals surface area (Å²) in [5.74, 6) is 0.255. The van der Waals surface area contributed by atoms with Crippen LogP contribution in [0.3, 0.4) is 0 Å². The van der Waals surface area contributed by atoms with Gasteiger partial charge in [-0.25, -0.2) is 9.18 Å². The number of hydrogen-bond acceptors (Lipinski definition) is 3. The third-order valence-electron chi connectivity index (χ3n) is 5.67. The van der Waals surface area contributed by atoms with Crippen molar-refractivity contribution in [2.45, 2.75) is 33.5 Å². The van der Waals surface area contributed by atoms with Gasteiger partial charge in [0.05, 0.1) is 6.54 Å². The number of amides is 1. The van der Waals surface area contributed by atoms with Gasteiger partial charge < -0.3 is 19.7 Å². The maximum atomic E-state index is 14.3. The van der Waals surface area contributed by atoms with Crippen LogP contribution in [0, 0.1) is 11.7 Å². The molecule has 0 atom stereocenters. The van der Waals surface area contributed by atoms with Crippen LogP contribution in [0.4, 0.5) is 9.18 Å². The molecule has 180 valence electrons. The molecule has 1 heterocycles. The maximum absolute atomic E-state index is 14.3. The molecule has 0 spiro atoms. The predicted molar refractivity (Wildman–Crippen MR) is 134 cm³/mol. The van der Waals surface area contributed by atoms with Crippen LogP contribution in [-0.4, -0.2) is 15.8 Å². The lowest BCUT2D eigenvalue weighted by atomic mass is 9.95. The molecule has 0 aliphatic heterocycles. The number of rotatable bonds is 8. The van der Waals surface area contributed by atoms with Gasteiger partial charge in [0.1, 0.15) is 18.2 Å². The topological polar surface area (TPSA) is 80.6 Å². The van der Waals surface area contributed by atoms with E-state index in [9.17, 15) is 19.1 Å². The van der Waals surface area contributed by atoms with Gasteiger partial charge in [-0.05, 0) is 47.4 Å². The molecule has 4 rings (SSSR count). The normalized spacial score (nSPS) is 11.1. The maximum Gasteiger partial charge on any atom is 0.404 e. The van der Waals surface area contributed by atoms with E-state index in [2.05, 4.69) is 5.32 Å². The van der Waals surface area contributed by atoms with Gasteiger partial charge in [0.25, 0.3) is 5.56 Å². The molecule has 0 fully saturated rings. The summed E-state index contributed by atoms with van der Waals surface area (Å²) >= 11 is 0. The zero-order valence-electron chi connectivity index (χ0n) is 19.6. The quantitative estimate of drug-likeness (QED) is 0.338. The molecule has 0 bridgehead atoms. The Morgan fingerprint density at radius 1 is 1.03 bits per heavy atom. The fourth-order valence-electron chi connectivity index (χ4n) is 4.17. The van der Waals surface area contributed by atoms with Gasteiger partial charge in [-0.15, -0.1) is 0 Å². The number of fused-ring (bicyclic) bond motifs is 1. The second kappa shape index (κ2) is 10.4. The van der Waals surface area contributed by atoms with E-state index in [0.717, 1.165) is 5.56 Å². The first-order valence-corrected chi connectivity index (χ1v) is 11.4. The van der Waals surface area contributed by atoms with Crippen molar-refractivity contribution in [3.63, 3.8) is 0 Å². The SMILES string of the molecule is CC(C)Cn1c(CNC(=O)O)c(-c2cccc(F)c2)c2cc(OCc3ccccc3)ccc2c1=O. The van der Waals surface area contributed by atoms with Gasteiger partial charge in [-0.2, -0.15) is 0 Å². The average Bonchev–Trinajstić information content (AvgIpc) is 2.83. The first-order chi connectivity index (χ1) is 16.8. The summed E-state index contributed by atoms with van der Waals surface area (Å²) in [4.78, 5) is 24.9. The van der Waals surface area contributed by atoms with Crippen molar-refractivity contribution in [3.05, 3.63) is 100 Å². The fraction of sp³-hybridized carbons (Fsp3) is 0.214. The highest BCUT2D eigenvalue weighted by Crippen LogP contribution is 2.34. The van der Waals surface area contributed by atoms with Crippen molar-refractivity contribution in [2.75, 3.05) is 0 Å². The molecule has 0 radical (unpaired) electrons. The molecule has 0 aliphatic rings. The van der Waals surface area contributed by atoms with Crippen molar-refractivity contribution in [1.82, 2.24) is 9.88 Å². The van der Waals surface area contributed by atoms with E-state index in [1.165, 1.54) is 12.1 Å². The van der Waals surface area contributed by atoms with Crippen molar-refractivity contribution >= 4 is 16.9 Å². The summed E-state index contributed by atoms with van der Waals surface area (Å²) in [6, 6.07) is 21.0. The molecule has 0 saturated heterocycles. The molecular formula is C28H27FN2O4. The number of nitrogens with one attached hydrogen (secondary N) is 1. The minimum atomic E-state index is -1.21. The number of nitrogens with zero attached hydrogens (tertiary/aromatic N) is 1. The highest BCUT2D eigenvalue weighted by molar-refractivity contribution is 5.98. The van der Waals surface area contributed by atoms with E-state index in [-0.39, 0.29) is 18.0 Å². The number of ether oxygens (including phenoxy) is 1. The third-order valence-corrected chi connectivity index (χ3v) is 5.67. The van der Waals surface area contributed by atoms with Crippen LogP contribution in [0.15, 0.2) is 77.6 Å². The molecule has 6 nitrogen and oxygen atoms in total. The Kier molecular flexibility index (Phi) is 7.15. The van der Waals surface area contributed by atoms with E-state index >= 15 is 0 Å². The number of aromatic nitrogens is 1. The smallest absolute Gasteiger partial charge is 0.404 e. The third kappa shape index (κ3) is 5.51. The number of pyridine rings is 1. The van der Waals surface area contributed by atoms with Crippen LogP contribution < -0.4 is 15.6 Å². The zero-order valence-corrected chi connectivity index (χ0v) is 19.6. The molecule has 0 aliphatic carbocycles. The fourth-order valence-corrected chi connectivity index (χ4v) is 4.17. The van der Waals surface area contributed by atoms with Gasteiger partial charge in [0.2, 0.25) is 0 Å². The van der Waals surface area contributed by atoms with E-state index < -0.39 is 11.9 Å². The molecule has 35 heavy (non-hydrogen) atoms. The number of carbonyl (C=O) groups is 1. The van der Waals surface area contributed by atoms with Crippen LogP contribution in [-0.2, 0) is 19.7 Å². The summed E-state index contributed by atoms with van der Waals surface area (Å²) in [6.45, 7) is 4.59. The van der Waals surface area contributed by atoms with Crippen LogP contribution in [0.1, 0.15) is 25.1 Å². The van der Waals surface area contributed by atoms with E-state index in [0.29, 0.717) is 46.5 Å².